The van der Waals surface area contributed by atoms with Crippen LogP contribution >= 0.6 is 0 Å². The molecule has 1 aromatic carbocycles. The molecule has 1 N–H and O–H groups in total. The Labute approximate surface area is 125 Å². The molecule has 0 aliphatic heterocycles. The molecule has 6 heteroatoms. The minimum Gasteiger partial charge on any atom is -0.379 e. The number of anilines is 1. The maximum absolute atomic E-state index is 11.9. The number of benzene rings is 1. The summed E-state index contributed by atoms with van der Waals surface area (Å²) in [6.45, 7) is 6.89. The molecule has 0 heterocycles. The van der Waals surface area contributed by atoms with E-state index < -0.39 is 4.92 Å². The lowest BCUT2D eigenvalue weighted by atomic mass is 9.90. The van der Waals surface area contributed by atoms with Crippen LogP contribution in [0.2, 0.25) is 0 Å². The third kappa shape index (κ3) is 4.44. The van der Waals surface area contributed by atoms with Gasteiger partial charge in [-0.3, -0.25) is 14.9 Å². The molecular formula is C15H23N3O3. The lowest BCUT2D eigenvalue weighted by Crippen LogP contribution is -2.23. The van der Waals surface area contributed by atoms with Crippen molar-refractivity contribution in [2.45, 2.75) is 27.2 Å². The molecule has 0 aliphatic rings. The van der Waals surface area contributed by atoms with Gasteiger partial charge in [0.25, 0.3) is 11.6 Å². The molecule has 0 spiro atoms. The molecule has 0 saturated carbocycles. The summed E-state index contributed by atoms with van der Waals surface area (Å²) in [6, 6.07) is 4.53. The SMILES string of the molecule is CCC(C)(C)CNc1ccc(C(=O)N(C)C)cc1[N+](=O)[O-]. The predicted molar refractivity (Wildman–Crippen MR) is 83.7 cm³/mol. The smallest absolute Gasteiger partial charge is 0.293 e. The van der Waals surface area contributed by atoms with Crippen LogP contribution in [0, 0.1) is 15.5 Å². The lowest BCUT2D eigenvalue weighted by molar-refractivity contribution is -0.384. The highest BCUT2D eigenvalue weighted by Gasteiger charge is 2.21. The molecule has 116 valence electrons. The largest absolute Gasteiger partial charge is 0.379 e. The number of carbonyl (C=O) groups is 1. The van der Waals surface area contributed by atoms with Gasteiger partial charge in [0, 0.05) is 32.3 Å². The second-order valence-corrected chi connectivity index (χ2v) is 6.06. The summed E-state index contributed by atoms with van der Waals surface area (Å²) >= 11 is 0. The van der Waals surface area contributed by atoms with Crippen LogP contribution in [0.15, 0.2) is 18.2 Å². The molecule has 21 heavy (non-hydrogen) atoms. The molecule has 0 saturated heterocycles. The molecule has 0 bridgehead atoms. The normalized spacial score (nSPS) is 11.1. The summed E-state index contributed by atoms with van der Waals surface area (Å²) in [5, 5.41) is 14.3. The van der Waals surface area contributed by atoms with Crippen molar-refractivity contribution in [1.29, 1.82) is 0 Å². The number of nitro groups is 1. The molecule has 0 unspecified atom stereocenters. The molecule has 0 aromatic heterocycles. The van der Waals surface area contributed by atoms with Gasteiger partial charge in [0.15, 0.2) is 0 Å². The zero-order valence-corrected chi connectivity index (χ0v) is 13.3. The van der Waals surface area contributed by atoms with Gasteiger partial charge < -0.3 is 10.2 Å². The maximum atomic E-state index is 11.9. The third-order valence-corrected chi connectivity index (χ3v) is 3.56. The summed E-state index contributed by atoms with van der Waals surface area (Å²) in [4.78, 5) is 24.0. The van der Waals surface area contributed by atoms with E-state index in [9.17, 15) is 14.9 Å². The monoisotopic (exact) mass is 293 g/mol. The average Bonchev–Trinajstić information content (AvgIpc) is 2.44. The lowest BCUT2D eigenvalue weighted by Gasteiger charge is -2.23. The Bertz CT molecular complexity index is 539. The summed E-state index contributed by atoms with van der Waals surface area (Å²) in [5.41, 5.74) is 0.727. The Hall–Kier alpha value is -2.11. The fourth-order valence-corrected chi connectivity index (χ4v) is 1.68. The topological polar surface area (TPSA) is 75.5 Å². The van der Waals surface area contributed by atoms with Gasteiger partial charge in [-0.15, -0.1) is 0 Å². The summed E-state index contributed by atoms with van der Waals surface area (Å²) in [6.07, 6.45) is 0.963. The second-order valence-electron chi connectivity index (χ2n) is 6.06. The number of rotatable bonds is 6. The van der Waals surface area contributed by atoms with Crippen molar-refractivity contribution < 1.29 is 9.72 Å². The fourth-order valence-electron chi connectivity index (χ4n) is 1.68. The highest BCUT2D eigenvalue weighted by molar-refractivity contribution is 5.95. The first-order valence-corrected chi connectivity index (χ1v) is 6.92. The van der Waals surface area contributed by atoms with Crippen LogP contribution in [0.5, 0.6) is 0 Å². The van der Waals surface area contributed by atoms with Gasteiger partial charge in [0.2, 0.25) is 0 Å². The molecule has 6 nitrogen and oxygen atoms in total. The minimum atomic E-state index is -0.465. The summed E-state index contributed by atoms with van der Waals surface area (Å²) < 4.78 is 0. The van der Waals surface area contributed by atoms with Crippen LogP contribution in [0.3, 0.4) is 0 Å². The van der Waals surface area contributed by atoms with E-state index in [0.717, 1.165) is 6.42 Å². The fraction of sp³-hybridized carbons (Fsp3) is 0.533. The Morgan fingerprint density at radius 1 is 1.38 bits per heavy atom. The van der Waals surface area contributed by atoms with Crippen molar-refractivity contribution in [2.24, 2.45) is 5.41 Å². The van der Waals surface area contributed by atoms with E-state index in [2.05, 4.69) is 26.1 Å². The van der Waals surface area contributed by atoms with Crippen LogP contribution in [-0.4, -0.2) is 36.4 Å². The van der Waals surface area contributed by atoms with E-state index in [4.69, 9.17) is 0 Å². The summed E-state index contributed by atoms with van der Waals surface area (Å²) in [7, 11) is 3.23. The van der Waals surface area contributed by atoms with E-state index in [0.29, 0.717) is 17.8 Å². The molecule has 0 atom stereocenters. The van der Waals surface area contributed by atoms with E-state index in [1.54, 1.807) is 26.2 Å². The van der Waals surface area contributed by atoms with Crippen molar-refractivity contribution in [3.8, 4) is 0 Å². The highest BCUT2D eigenvalue weighted by Crippen LogP contribution is 2.28. The predicted octanol–water partition coefficient (Wildman–Crippen LogP) is 3.14. The van der Waals surface area contributed by atoms with Crippen LogP contribution in [0.25, 0.3) is 0 Å². The standard InChI is InChI=1S/C15H23N3O3/c1-6-15(2,3)10-16-12-8-7-11(14(19)17(4)5)9-13(12)18(20)21/h7-9,16H,6,10H2,1-5H3. The van der Waals surface area contributed by atoms with Crippen molar-refractivity contribution in [3.05, 3.63) is 33.9 Å². The van der Waals surface area contributed by atoms with E-state index in [1.165, 1.54) is 11.0 Å². The summed E-state index contributed by atoms with van der Waals surface area (Å²) in [5.74, 6) is -0.251. The Morgan fingerprint density at radius 3 is 2.48 bits per heavy atom. The van der Waals surface area contributed by atoms with E-state index in [-0.39, 0.29) is 17.0 Å². The number of nitro benzene ring substituents is 1. The number of carbonyl (C=O) groups excluding carboxylic acids is 1. The van der Waals surface area contributed by atoms with Gasteiger partial charge in [-0.2, -0.15) is 0 Å². The van der Waals surface area contributed by atoms with E-state index in [1.807, 2.05) is 0 Å². The van der Waals surface area contributed by atoms with E-state index >= 15 is 0 Å². The molecule has 1 amide bonds. The Balaban J connectivity index is 3.06. The molecule has 1 rings (SSSR count). The Kier molecular flexibility index (Phi) is 5.29. The molecular weight excluding hydrogens is 270 g/mol. The number of hydrogen-bond acceptors (Lipinski definition) is 4. The van der Waals surface area contributed by atoms with Crippen LogP contribution in [-0.2, 0) is 0 Å². The minimum absolute atomic E-state index is 0.0476. The van der Waals surface area contributed by atoms with Crippen molar-refractivity contribution >= 4 is 17.3 Å². The van der Waals surface area contributed by atoms with Crippen molar-refractivity contribution in [1.82, 2.24) is 4.90 Å². The Morgan fingerprint density at radius 2 is 2.00 bits per heavy atom. The number of hydrogen-bond donors (Lipinski definition) is 1. The second kappa shape index (κ2) is 6.56. The highest BCUT2D eigenvalue weighted by atomic mass is 16.6. The first-order valence-electron chi connectivity index (χ1n) is 6.92. The van der Waals surface area contributed by atoms with Crippen LogP contribution in [0.1, 0.15) is 37.6 Å². The number of amides is 1. The zero-order valence-electron chi connectivity index (χ0n) is 13.3. The number of nitrogens with zero attached hydrogens (tertiary/aromatic N) is 2. The van der Waals surface area contributed by atoms with Gasteiger partial charge in [-0.25, -0.2) is 0 Å². The van der Waals surface area contributed by atoms with Gasteiger partial charge >= 0.3 is 0 Å². The quantitative estimate of drug-likeness (QED) is 0.645. The molecule has 0 aliphatic carbocycles. The van der Waals surface area contributed by atoms with Gasteiger partial charge in [0.05, 0.1) is 4.92 Å². The van der Waals surface area contributed by atoms with Crippen LogP contribution in [0.4, 0.5) is 11.4 Å². The van der Waals surface area contributed by atoms with Crippen molar-refractivity contribution in [2.75, 3.05) is 26.0 Å². The zero-order chi connectivity index (χ0) is 16.2. The van der Waals surface area contributed by atoms with Crippen molar-refractivity contribution in [3.63, 3.8) is 0 Å². The first-order chi connectivity index (χ1) is 9.68. The van der Waals surface area contributed by atoms with Gasteiger partial charge in [-0.1, -0.05) is 20.8 Å². The third-order valence-electron chi connectivity index (χ3n) is 3.56. The first kappa shape index (κ1) is 16.9. The van der Waals surface area contributed by atoms with Gasteiger partial charge in [0.1, 0.15) is 5.69 Å². The average molecular weight is 293 g/mol. The van der Waals surface area contributed by atoms with Crippen LogP contribution < -0.4 is 5.32 Å². The number of nitrogens with one attached hydrogen (secondary N) is 1. The van der Waals surface area contributed by atoms with Gasteiger partial charge in [-0.05, 0) is 24.0 Å². The molecule has 0 radical (unpaired) electrons. The molecule has 1 aromatic rings. The molecule has 0 fully saturated rings. The maximum Gasteiger partial charge on any atom is 0.293 e.